The van der Waals surface area contributed by atoms with Gasteiger partial charge in [0, 0.05) is 22.4 Å². The first-order valence-electron chi connectivity index (χ1n) is 12.1. The van der Waals surface area contributed by atoms with E-state index in [0.717, 1.165) is 55.0 Å². The van der Waals surface area contributed by atoms with Crippen molar-refractivity contribution in [1.82, 2.24) is 19.7 Å². The van der Waals surface area contributed by atoms with E-state index in [2.05, 4.69) is 50.9 Å². The first-order valence-corrected chi connectivity index (χ1v) is 14.0. The van der Waals surface area contributed by atoms with E-state index in [1.54, 1.807) is 0 Å². The number of thioether (sulfide) groups is 2. The van der Waals surface area contributed by atoms with Crippen molar-refractivity contribution in [2.75, 3.05) is 30.3 Å². The molecule has 0 N–H and O–H groups in total. The molecule has 3 heterocycles. The van der Waals surface area contributed by atoms with E-state index in [-0.39, 0.29) is 5.91 Å². The van der Waals surface area contributed by atoms with Gasteiger partial charge in [-0.1, -0.05) is 55.4 Å². The maximum absolute atomic E-state index is 13.4. The molecule has 1 atom stereocenters. The summed E-state index contributed by atoms with van der Waals surface area (Å²) >= 11 is 3.34. The Morgan fingerprint density at radius 1 is 1.00 bits per heavy atom. The standard InChI is InChI=1S/C26H31N5OS2/c1-20-14-17-30(22-12-6-7-13-23(22)34-20)25(32)19-33-26-28-27-24(18-29-15-8-3-9-16-29)31(26)21-10-4-2-5-11-21/h2,4-7,10-13,20H,3,8-9,14-19H2,1H3. The van der Waals surface area contributed by atoms with Crippen LogP contribution in [0.5, 0.6) is 0 Å². The molecule has 0 aliphatic carbocycles. The third-order valence-corrected chi connectivity index (χ3v) is 8.55. The highest BCUT2D eigenvalue weighted by Crippen LogP contribution is 2.37. The number of amides is 1. The summed E-state index contributed by atoms with van der Waals surface area (Å²) in [6.45, 7) is 5.97. The van der Waals surface area contributed by atoms with E-state index in [9.17, 15) is 4.79 Å². The highest BCUT2D eigenvalue weighted by atomic mass is 32.2. The number of piperidine rings is 1. The molecule has 3 aromatic rings. The van der Waals surface area contributed by atoms with Gasteiger partial charge in [0.1, 0.15) is 0 Å². The van der Waals surface area contributed by atoms with Crippen molar-refractivity contribution in [3.05, 3.63) is 60.4 Å². The van der Waals surface area contributed by atoms with Gasteiger partial charge in [-0.3, -0.25) is 14.3 Å². The van der Waals surface area contributed by atoms with Crippen LogP contribution in [-0.4, -0.2) is 56.2 Å². The van der Waals surface area contributed by atoms with Crippen LogP contribution >= 0.6 is 23.5 Å². The SMILES string of the molecule is CC1CCN(C(=O)CSc2nnc(CN3CCCCC3)n2-c2ccccc2)c2ccccc2S1. The number of para-hydroxylation sites is 2. The van der Waals surface area contributed by atoms with Gasteiger partial charge in [0.15, 0.2) is 11.0 Å². The van der Waals surface area contributed by atoms with Gasteiger partial charge in [0.2, 0.25) is 5.91 Å². The van der Waals surface area contributed by atoms with Crippen molar-refractivity contribution in [2.24, 2.45) is 0 Å². The van der Waals surface area contributed by atoms with Crippen LogP contribution in [0.3, 0.4) is 0 Å². The molecular formula is C26H31N5OS2. The number of hydrogen-bond donors (Lipinski definition) is 0. The minimum Gasteiger partial charge on any atom is -0.311 e. The summed E-state index contributed by atoms with van der Waals surface area (Å²) in [7, 11) is 0. The lowest BCUT2D eigenvalue weighted by Gasteiger charge is -2.26. The van der Waals surface area contributed by atoms with Gasteiger partial charge in [0.05, 0.1) is 18.0 Å². The largest absolute Gasteiger partial charge is 0.311 e. The third-order valence-electron chi connectivity index (χ3n) is 6.40. The fraction of sp³-hybridized carbons (Fsp3) is 0.423. The lowest BCUT2D eigenvalue weighted by atomic mass is 10.1. The lowest BCUT2D eigenvalue weighted by molar-refractivity contribution is -0.116. The summed E-state index contributed by atoms with van der Waals surface area (Å²) in [5.41, 5.74) is 2.07. The predicted octanol–water partition coefficient (Wildman–Crippen LogP) is 5.26. The number of fused-ring (bicyclic) bond motifs is 1. The molecule has 1 fully saturated rings. The number of benzene rings is 2. The Hall–Kier alpha value is -2.29. The number of hydrogen-bond acceptors (Lipinski definition) is 6. The molecule has 6 nitrogen and oxygen atoms in total. The summed E-state index contributed by atoms with van der Waals surface area (Å²) in [6.07, 6.45) is 4.77. The van der Waals surface area contributed by atoms with Crippen molar-refractivity contribution in [1.29, 1.82) is 0 Å². The molecule has 1 unspecified atom stereocenters. The fourth-order valence-electron chi connectivity index (χ4n) is 4.60. The van der Waals surface area contributed by atoms with Gasteiger partial charge >= 0.3 is 0 Å². The quantitative estimate of drug-likeness (QED) is 0.437. The number of rotatable bonds is 6. The molecular weight excluding hydrogens is 462 g/mol. The molecule has 2 aromatic carbocycles. The van der Waals surface area contributed by atoms with Gasteiger partial charge < -0.3 is 4.90 Å². The highest BCUT2D eigenvalue weighted by Gasteiger charge is 2.25. The maximum Gasteiger partial charge on any atom is 0.237 e. The molecule has 8 heteroatoms. The van der Waals surface area contributed by atoms with E-state index in [0.29, 0.717) is 11.0 Å². The smallest absolute Gasteiger partial charge is 0.237 e. The van der Waals surface area contributed by atoms with Crippen molar-refractivity contribution in [3.63, 3.8) is 0 Å². The topological polar surface area (TPSA) is 54.3 Å². The van der Waals surface area contributed by atoms with Crippen LogP contribution < -0.4 is 4.90 Å². The Morgan fingerprint density at radius 2 is 1.76 bits per heavy atom. The first-order chi connectivity index (χ1) is 16.7. The molecule has 2 aliphatic rings. The Balaban J connectivity index is 1.36. The average molecular weight is 494 g/mol. The summed E-state index contributed by atoms with van der Waals surface area (Å²) in [6, 6.07) is 18.5. The maximum atomic E-state index is 13.4. The van der Waals surface area contributed by atoms with E-state index in [4.69, 9.17) is 0 Å². The number of likely N-dealkylation sites (tertiary alicyclic amines) is 1. The zero-order chi connectivity index (χ0) is 23.3. The Labute approximate surface area is 210 Å². The molecule has 1 saturated heterocycles. The van der Waals surface area contributed by atoms with E-state index in [1.807, 2.05) is 47.0 Å². The van der Waals surface area contributed by atoms with E-state index in [1.165, 1.54) is 35.9 Å². The van der Waals surface area contributed by atoms with Gasteiger partial charge in [-0.25, -0.2) is 0 Å². The molecule has 1 aromatic heterocycles. The van der Waals surface area contributed by atoms with Crippen LogP contribution in [0.4, 0.5) is 5.69 Å². The molecule has 5 rings (SSSR count). The summed E-state index contributed by atoms with van der Waals surface area (Å²) in [5, 5.41) is 10.4. The average Bonchev–Trinajstić information content (AvgIpc) is 3.18. The number of anilines is 1. The third kappa shape index (κ3) is 5.34. The monoisotopic (exact) mass is 493 g/mol. The fourth-order valence-corrected chi connectivity index (χ4v) is 6.56. The molecule has 1 amide bonds. The van der Waals surface area contributed by atoms with Crippen LogP contribution in [-0.2, 0) is 11.3 Å². The van der Waals surface area contributed by atoms with Crippen molar-refractivity contribution >= 4 is 35.1 Å². The lowest BCUT2D eigenvalue weighted by Crippen LogP contribution is -2.33. The zero-order valence-corrected chi connectivity index (χ0v) is 21.2. The minimum atomic E-state index is 0.118. The van der Waals surface area contributed by atoms with Crippen LogP contribution in [0.1, 0.15) is 38.4 Å². The summed E-state index contributed by atoms with van der Waals surface area (Å²) < 4.78 is 2.13. The predicted molar refractivity (Wildman–Crippen MR) is 140 cm³/mol. The molecule has 0 bridgehead atoms. The Morgan fingerprint density at radius 3 is 2.59 bits per heavy atom. The molecule has 178 valence electrons. The van der Waals surface area contributed by atoms with Gasteiger partial charge in [-0.2, -0.15) is 0 Å². The second kappa shape index (κ2) is 11.0. The zero-order valence-electron chi connectivity index (χ0n) is 19.6. The second-order valence-electron chi connectivity index (χ2n) is 8.93. The van der Waals surface area contributed by atoms with Crippen molar-refractivity contribution < 1.29 is 4.79 Å². The summed E-state index contributed by atoms with van der Waals surface area (Å²) in [5.74, 6) is 1.39. The number of nitrogens with zero attached hydrogens (tertiary/aromatic N) is 5. The molecule has 0 saturated carbocycles. The van der Waals surface area contributed by atoms with Crippen LogP contribution in [0, 0.1) is 0 Å². The summed E-state index contributed by atoms with van der Waals surface area (Å²) in [4.78, 5) is 19.0. The van der Waals surface area contributed by atoms with Crippen LogP contribution in [0.2, 0.25) is 0 Å². The van der Waals surface area contributed by atoms with Crippen molar-refractivity contribution in [3.8, 4) is 5.69 Å². The molecule has 34 heavy (non-hydrogen) atoms. The minimum absolute atomic E-state index is 0.118. The number of carbonyl (C=O) groups excluding carboxylic acids is 1. The molecule has 0 spiro atoms. The van der Waals surface area contributed by atoms with Gasteiger partial charge in [0.25, 0.3) is 0 Å². The van der Waals surface area contributed by atoms with Gasteiger partial charge in [-0.05, 0) is 56.6 Å². The van der Waals surface area contributed by atoms with E-state index >= 15 is 0 Å². The van der Waals surface area contributed by atoms with Gasteiger partial charge in [-0.15, -0.1) is 22.0 Å². The molecule has 0 radical (unpaired) electrons. The Bertz CT molecular complexity index is 1110. The molecule has 2 aliphatic heterocycles. The van der Waals surface area contributed by atoms with Crippen molar-refractivity contribution in [2.45, 2.75) is 54.5 Å². The highest BCUT2D eigenvalue weighted by molar-refractivity contribution is 8.00. The second-order valence-corrected chi connectivity index (χ2v) is 11.3. The van der Waals surface area contributed by atoms with Crippen LogP contribution in [0.15, 0.2) is 64.6 Å². The normalized spacial score (nSPS) is 19.0. The first kappa shape index (κ1) is 23.5. The van der Waals surface area contributed by atoms with Crippen LogP contribution in [0.25, 0.3) is 5.69 Å². The Kier molecular flexibility index (Phi) is 7.57. The van der Waals surface area contributed by atoms with E-state index < -0.39 is 0 Å². The number of aromatic nitrogens is 3. The number of carbonyl (C=O) groups is 1.